The summed E-state index contributed by atoms with van der Waals surface area (Å²) >= 11 is 0. The van der Waals surface area contributed by atoms with Gasteiger partial charge in [0.15, 0.2) is 5.82 Å². The lowest BCUT2D eigenvalue weighted by Gasteiger charge is -2.35. The van der Waals surface area contributed by atoms with E-state index in [-0.39, 0.29) is 12.6 Å². The van der Waals surface area contributed by atoms with E-state index in [0.717, 1.165) is 0 Å². The van der Waals surface area contributed by atoms with Crippen LogP contribution >= 0.6 is 0 Å². The highest BCUT2D eigenvalue weighted by atomic mass is 16.5. The van der Waals surface area contributed by atoms with E-state index in [0.29, 0.717) is 31.1 Å². The first-order valence-corrected chi connectivity index (χ1v) is 5.04. The molecular weight excluding hydrogens is 208 g/mol. The Morgan fingerprint density at radius 3 is 3.31 bits per heavy atom. The number of aliphatic hydroxyl groups is 1. The van der Waals surface area contributed by atoms with Crippen LogP contribution in [0.15, 0.2) is 12.3 Å². The average molecular weight is 220 g/mol. The number of aromatic nitrogens is 2. The molecule has 0 aromatic carbocycles. The van der Waals surface area contributed by atoms with E-state index in [9.17, 15) is 5.11 Å². The zero-order valence-electron chi connectivity index (χ0n) is 8.70. The van der Waals surface area contributed by atoms with Gasteiger partial charge in [0, 0.05) is 6.54 Å². The first-order valence-electron chi connectivity index (χ1n) is 5.04. The topological polar surface area (TPSA) is 82.3 Å². The summed E-state index contributed by atoms with van der Waals surface area (Å²) in [5.41, 5.74) is 0.468. The molecule has 6 nitrogen and oxygen atoms in total. The molecular formula is C10H12N4O2. The van der Waals surface area contributed by atoms with Crippen LogP contribution in [0.4, 0.5) is 5.82 Å². The Morgan fingerprint density at radius 2 is 2.56 bits per heavy atom. The van der Waals surface area contributed by atoms with Crippen LogP contribution in [0.1, 0.15) is 5.56 Å². The fourth-order valence-corrected chi connectivity index (χ4v) is 1.71. The van der Waals surface area contributed by atoms with E-state index in [2.05, 4.69) is 16.3 Å². The van der Waals surface area contributed by atoms with E-state index in [1.165, 1.54) is 6.20 Å². The minimum atomic E-state index is -0.155. The van der Waals surface area contributed by atoms with Crippen molar-refractivity contribution in [3.63, 3.8) is 0 Å². The molecule has 0 amide bonds. The zero-order chi connectivity index (χ0) is 11.4. The average Bonchev–Trinajstić information content (AvgIpc) is 2.38. The molecule has 0 radical (unpaired) electrons. The molecule has 0 bridgehead atoms. The second-order valence-electron chi connectivity index (χ2n) is 3.49. The Morgan fingerprint density at radius 1 is 1.69 bits per heavy atom. The fourth-order valence-electron chi connectivity index (χ4n) is 1.71. The lowest BCUT2D eigenvalue weighted by Crippen LogP contribution is -2.48. The first kappa shape index (κ1) is 10.8. The van der Waals surface area contributed by atoms with Crippen molar-refractivity contribution in [3.05, 3.63) is 17.8 Å². The molecule has 0 aliphatic carbocycles. The number of rotatable bonds is 2. The number of anilines is 1. The van der Waals surface area contributed by atoms with Crippen molar-refractivity contribution in [1.29, 1.82) is 5.26 Å². The molecule has 2 rings (SSSR count). The van der Waals surface area contributed by atoms with Crippen LogP contribution in [0.5, 0.6) is 0 Å². The Labute approximate surface area is 93.1 Å². The minimum Gasteiger partial charge on any atom is -0.394 e. The van der Waals surface area contributed by atoms with Crippen LogP contribution in [0, 0.1) is 11.3 Å². The Bertz CT molecular complexity index is 404. The molecule has 1 saturated heterocycles. The van der Waals surface area contributed by atoms with E-state index in [1.54, 1.807) is 6.07 Å². The van der Waals surface area contributed by atoms with Crippen molar-refractivity contribution < 1.29 is 9.84 Å². The summed E-state index contributed by atoms with van der Waals surface area (Å²) in [6.45, 7) is 1.59. The van der Waals surface area contributed by atoms with Crippen molar-refractivity contribution in [3.8, 4) is 6.07 Å². The maximum atomic E-state index is 9.23. The molecule has 6 heteroatoms. The molecule has 1 aromatic rings. The van der Waals surface area contributed by atoms with Gasteiger partial charge < -0.3 is 14.7 Å². The summed E-state index contributed by atoms with van der Waals surface area (Å²) in [7, 11) is 0. The van der Waals surface area contributed by atoms with Gasteiger partial charge in [0.25, 0.3) is 0 Å². The normalized spacial score (nSPS) is 20.5. The summed E-state index contributed by atoms with van der Waals surface area (Å²) in [4.78, 5) is 1.87. The summed E-state index contributed by atoms with van der Waals surface area (Å²) in [5, 5.41) is 25.9. The predicted molar refractivity (Wildman–Crippen MR) is 55.8 cm³/mol. The molecule has 0 saturated carbocycles. The van der Waals surface area contributed by atoms with Gasteiger partial charge in [-0.1, -0.05) is 0 Å². The standard InChI is InChI=1S/C10H12N4O2/c11-5-8-1-2-12-13-10(8)14-3-4-16-7-9(14)6-15/h1-2,9,15H,3-4,6-7H2. The second kappa shape index (κ2) is 4.88. The Balaban J connectivity index is 2.31. The highest BCUT2D eigenvalue weighted by Gasteiger charge is 2.25. The zero-order valence-corrected chi connectivity index (χ0v) is 8.70. The van der Waals surface area contributed by atoms with Gasteiger partial charge in [-0.05, 0) is 6.07 Å². The number of hydrogen-bond donors (Lipinski definition) is 1. The van der Waals surface area contributed by atoms with Crippen LogP contribution in [-0.2, 0) is 4.74 Å². The van der Waals surface area contributed by atoms with Crippen molar-refractivity contribution in [1.82, 2.24) is 10.2 Å². The van der Waals surface area contributed by atoms with E-state index in [4.69, 9.17) is 10.00 Å². The molecule has 1 aliphatic heterocycles. The van der Waals surface area contributed by atoms with Crippen LogP contribution in [0.3, 0.4) is 0 Å². The smallest absolute Gasteiger partial charge is 0.169 e. The minimum absolute atomic E-state index is 0.0263. The number of nitriles is 1. The van der Waals surface area contributed by atoms with Crippen LogP contribution in [0.25, 0.3) is 0 Å². The summed E-state index contributed by atoms with van der Waals surface area (Å²) in [5.74, 6) is 0.521. The molecule has 1 unspecified atom stereocenters. The Kier molecular flexibility index (Phi) is 3.29. The quantitative estimate of drug-likeness (QED) is 0.726. The van der Waals surface area contributed by atoms with Gasteiger partial charge in [-0.25, -0.2) is 0 Å². The summed E-state index contributed by atoms with van der Waals surface area (Å²) < 4.78 is 5.27. The second-order valence-corrected chi connectivity index (χ2v) is 3.49. The van der Waals surface area contributed by atoms with Gasteiger partial charge in [0.05, 0.1) is 37.6 Å². The monoisotopic (exact) mass is 220 g/mol. The van der Waals surface area contributed by atoms with Crippen LogP contribution in [-0.4, -0.2) is 47.7 Å². The first-order chi connectivity index (χ1) is 7.86. The lowest BCUT2D eigenvalue weighted by molar-refractivity contribution is 0.0721. The Hall–Kier alpha value is -1.71. The third-order valence-corrected chi connectivity index (χ3v) is 2.53. The summed E-state index contributed by atoms with van der Waals surface area (Å²) in [6.07, 6.45) is 1.48. The van der Waals surface area contributed by atoms with Crippen molar-refractivity contribution in [2.24, 2.45) is 0 Å². The molecule has 1 N–H and O–H groups in total. The molecule has 1 atom stereocenters. The number of morpholine rings is 1. The molecule has 1 fully saturated rings. The van der Waals surface area contributed by atoms with Gasteiger partial charge in [-0.3, -0.25) is 0 Å². The molecule has 1 aliphatic rings. The third kappa shape index (κ3) is 1.96. The molecule has 1 aromatic heterocycles. The number of hydrogen-bond acceptors (Lipinski definition) is 6. The maximum Gasteiger partial charge on any atom is 0.169 e. The highest BCUT2D eigenvalue weighted by Crippen LogP contribution is 2.19. The van der Waals surface area contributed by atoms with Gasteiger partial charge in [-0.2, -0.15) is 10.4 Å². The predicted octanol–water partition coefficient (Wildman–Crippen LogP) is -0.454. The lowest BCUT2D eigenvalue weighted by atomic mass is 10.2. The number of nitrogens with zero attached hydrogens (tertiary/aromatic N) is 4. The number of ether oxygens (including phenoxy) is 1. The van der Waals surface area contributed by atoms with Gasteiger partial charge in [0.2, 0.25) is 0 Å². The van der Waals surface area contributed by atoms with Crippen LogP contribution in [0.2, 0.25) is 0 Å². The largest absolute Gasteiger partial charge is 0.394 e. The van der Waals surface area contributed by atoms with Crippen LogP contribution < -0.4 is 4.90 Å². The molecule has 0 spiro atoms. The fraction of sp³-hybridized carbons (Fsp3) is 0.500. The van der Waals surface area contributed by atoms with E-state index < -0.39 is 0 Å². The summed E-state index contributed by atoms with van der Waals surface area (Å²) in [6, 6.07) is 3.53. The van der Waals surface area contributed by atoms with Gasteiger partial charge in [-0.15, -0.1) is 5.10 Å². The van der Waals surface area contributed by atoms with Crippen molar-refractivity contribution in [2.75, 3.05) is 31.3 Å². The van der Waals surface area contributed by atoms with Crippen molar-refractivity contribution in [2.45, 2.75) is 6.04 Å². The van der Waals surface area contributed by atoms with E-state index >= 15 is 0 Å². The highest BCUT2D eigenvalue weighted by molar-refractivity contribution is 5.53. The SMILES string of the molecule is N#Cc1ccnnc1N1CCOCC1CO. The maximum absolute atomic E-state index is 9.23. The van der Waals surface area contributed by atoms with Gasteiger partial charge >= 0.3 is 0 Å². The van der Waals surface area contributed by atoms with Gasteiger partial charge in [0.1, 0.15) is 6.07 Å². The van der Waals surface area contributed by atoms with Crippen molar-refractivity contribution >= 4 is 5.82 Å². The molecule has 84 valence electrons. The third-order valence-electron chi connectivity index (χ3n) is 2.53. The number of aliphatic hydroxyl groups excluding tert-OH is 1. The molecule has 2 heterocycles. The molecule has 16 heavy (non-hydrogen) atoms. The van der Waals surface area contributed by atoms with E-state index in [1.807, 2.05) is 4.90 Å².